The van der Waals surface area contributed by atoms with Crippen LogP contribution in [-0.2, 0) is 11.2 Å². The lowest BCUT2D eigenvalue weighted by molar-refractivity contribution is 0.0527. The lowest BCUT2D eigenvalue weighted by Crippen LogP contribution is -2.15. The number of Topliss-reactive ketones (excluding diaryl/α,β-unsaturated/α-hetero) is 1. The fourth-order valence-corrected chi connectivity index (χ4v) is 4.73. The fraction of sp³-hybridized carbons (Fsp3) is 0.304. The van der Waals surface area contributed by atoms with E-state index >= 15 is 0 Å². The number of anilines is 1. The van der Waals surface area contributed by atoms with Gasteiger partial charge in [-0.2, -0.15) is 0 Å². The van der Waals surface area contributed by atoms with Crippen LogP contribution in [0.5, 0.6) is 5.75 Å². The highest BCUT2D eigenvalue weighted by Gasteiger charge is 2.27. The first-order chi connectivity index (χ1) is 15.3. The quantitative estimate of drug-likeness (QED) is 0.426. The lowest BCUT2D eigenvalue weighted by Gasteiger charge is -2.05. The Morgan fingerprint density at radius 2 is 2.06 bits per heavy atom. The summed E-state index contributed by atoms with van der Waals surface area (Å²) in [4.78, 5) is 37.6. The van der Waals surface area contributed by atoms with Gasteiger partial charge in [-0.25, -0.2) is 4.79 Å². The molecule has 166 valence electrons. The van der Waals surface area contributed by atoms with Crippen LogP contribution in [0.4, 0.5) is 5.00 Å². The van der Waals surface area contributed by atoms with E-state index in [1.807, 2.05) is 25.1 Å². The molecule has 0 fully saturated rings. The zero-order valence-electron chi connectivity index (χ0n) is 18.1. The van der Waals surface area contributed by atoms with E-state index in [1.165, 1.54) is 13.0 Å². The van der Waals surface area contributed by atoms with Crippen molar-refractivity contribution in [1.82, 2.24) is 5.16 Å². The van der Waals surface area contributed by atoms with Crippen molar-refractivity contribution in [1.29, 1.82) is 0 Å². The van der Waals surface area contributed by atoms with Crippen LogP contribution in [0.2, 0.25) is 0 Å². The van der Waals surface area contributed by atoms with E-state index in [4.69, 9.17) is 14.0 Å². The third kappa shape index (κ3) is 4.03. The van der Waals surface area contributed by atoms with Gasteiger partial charge in [0.2, 0.25) is 0 Å². The molecule has 0 aliphatic carbocycles. The number of thiophene rings is 1. The maximum absolute atomic E-state index is 12.8. The van der Waals surface area contributed by atoms with Crippen molar-refractivity contribution < 1.29 is 28.4 Å². The Labute approximate surface area is 188 Å². The number of carbonyl (C=O) groups is 3. The second-order valence-electron chi connectivity index (χ2n) is 7.52. The second kappa shape index (κ2) is 8.58. The summed E-state index contributed by atoms with van der Waals surface area (Å²) < 4.78 is 16.2. The van der Waals surface area contributed by atoms with Gasteiger partial charge in [0.1, 0.15) is 16.9 Å². The van der Waals surface area contributed by atoms with Gasteiger partial charge in [0, 0.05) is 18.1 Å². The van der Waals surface area contributed by atoms with Crippen LogP contribution >= 0.6 is 11.3 Å². The van der Waals surface area contributed by atoms with Crippen molar-refractivity contribution >= 4 is 34.0 Å². The maximum atomic E-state index is 12.8. The molecule has 0 bridgehead atoms. The Morgan fingerprint density at radius 3 is 2.78 bits per heavy atom. The van der Waals surface area contributed by atoms with Crippen LogP contribution in [0.1, 0.15) is 62.4 Å². The van der Waals surface area contributed by atoms with Gasteiger partial charge in [0.25, 0.3) is 5.91 Å². The molecule has 2 aromatic heterocycles. The largest absolute Gasteiger partial charge is 0.490 e. The molecule has 9 heteroatoms. The summed E-state index contributed by atoms with van der Waals surface area (Å²) in [7, 11) is 0. The molecule has 1 N–H and O–H groups in total. The highest BCUT2D eigenvalue weighted by Crippen LogP contribution is 2.35. The van der Waals surface area contributed by atoms with Gasteiger partial charge >= 0.3 is 5.97 Å². The number of rotatable bonds is 6. The van der Waals surface area contributed by atoms with E-state index in [0.29, 0.717) is 16.2 Å². The van der Waals surface area contributed by atoms with Crippen LogP contribution < -0.4 is 10.1 Å². The minimum atomic E-state index is -0.598. The van der Waals surface area contributed by atoms with Crippen molar-refractivity contribution in [2.24, 2.45) is 0 Å². The maximum Gasteiger partial charge on any atom is 0.341 e. The van der Waals surface area contributed by atoms with E-state index in [9.17, 15) is 14.4 Å². The molecule has 1 aliphatic heterocycles. The second-order valence-corrected chi connectivity index (χ2v) is 8.54. The number of hydrogen-bond donors (Lipinski definition) is 1. The summed E-state index contributed by atoms with van der Waals surface area (Å²) in [6.07, 6.45) is 0.927. The van der Waals surface area contributed by atoms with Crippen LogP contribution in [0, 0.1) is 6.92 Å². The summed E-state index contributed by atoms with van der Waals surface area (Å²) >= 11 is 1.03. The van der Waals surface area contributed by atoms with E-state index in [-0.39, 0.29) is 34.8 Å². The van der Waals surface area contributed by atoms with Crippen LogP contribution in [0.3, 0.4) is 0 Å². The zero-order chi connectivity index (χ0) is 23.0. The number of fused-ring (bicyclic) bond motifs is 1. The first-order valence-corrected chi connectivity index (χ1v) is 11.0. The summed E-state index contributed by atoms with van der Waals surface area (Å²) in [6.45, 7) is 6.93. The predicted octanol–water partition coefficient (Wildman–Crippen LogP) is 4.67. The Morgan fingerprint density at radius 1 is 1.28 bits per heavy atom. The zero-order valence-corrected chi connectivity index (χ0v) is 18.9. The number of nitrogens with one attached hydrogen (secondary N) is 1. The number of hydrogen-bond acceptors (Lipinski definition) is 8. The van der Waals surface area contributed by atoms with Crippen LogP contribution in [0.15, 0.2) is 28.8 Å². The molecule has 1 atom stereocenters. The number of esters is 1. The van der Waals surface area contributed by atoms with Crippen molar-refractivity contribution in [3.8, 4) is 17.1 Å². The third-order valence-electron chi connectivity index (χ3n) is 5.10. The summed E-state index contributed by atoms with van der Waals surface area (Å²) in [6, 6.07) is 7.22. The average molecular weight is 455 g/mol. The molecule has 0 saturated heterocycles. The number of amides is 1. The molecule has 4 rings (SSSR count). The number of aromatic nitrogens is 1. The van der Waals surface area contributed by atoms with Crippen molar-refractivity contribution in [3.05, 3.63) is 51.5 Å². The van der Waals surface area contributed by atoms with Crippen molar-refractivity contribution in [2.75, 3.05) is 11.9 Å². The predicted molar refractivity (Wildman–Crippen MR) is 119 cm³/mol. The molecular formula is C23H22N2O6S. The number of ketones is 1. The van der Waals surface area contributed by atoms with E-state index in [2.05, 4.69) is 10.5 Å². The molecular weight excluding hydrogens is 432 g/mol. The van der Waals surface area contributed by atoms with E-state index in [0.717, 1.165) is 34.6 Å². The van der Waals surface area contributed by atoms with Gasteiger partial charge in [-0.15, -0.1) is 11.3 Å². The topological polar surface area (TPSA) is 108 Å². The number of nitrogens with zero attached hydrogens (tertiary/aromatic N) is 1. The van der Waals surface area contributed by atoms with Gasteiger partial charge < -0.3 is 19.3 Å². The van der Waals surface area contributed by atoms with Crippen molar-refractivity contribution in [2.45, 2.75) is 40.2 Å². The summed E-state index contributed by atoms with van der Waals surface area (Å²) in [5.41, 5.74) is 2.56. The number of carbonyl (C=O) groups excluding carboxylic acids is 3. The molecule has 3 heterocycles. The smallest absolute Gasteiger partial charge is 0.341 e. The lowest BCUT2D eigenvalue weighted by atomic mass is 10.1. The first-order valence-electron chi connectivity index (χ1n) is 10.2. The molecule has 0 spiro atoms. The average Bonchev–Trinajstić information content (AvgIpc) is 3.43. The molecule has 8 nitrogen and oxygen atoms in total. The molecule has 0 unspecified atom stereocenters. The normalized spacial score (nSPS) is 14.6. The van der Waals surface area contributed by atoms with E-state index in [1.54, 1.807) is 13.8 Å². The monoisotopic (exact) mass is 454 g/mol. The Balaban J connectivity index is 1.59. The molecule has 0 radical (unpaired) electrons. The van der Waals surface area contributed by atoms with Gasteiger partial charge in [-0.05, 0) is 57.0 Å². The van der Waals surface area contributed by atoms with Crippen LogP contribution in [0.25, 0.3) is 11.3 Å². The van der Waals surface area contributed by atoms with E-state index < -0.39 is 11.9 Å². The standard InChI is InChI=1S/C23H22N2O6S/c1-5-29-23(28)19-12(3)20(13(4)26)32-22(19)24-21(27)16-10-18(31-25-16)14-6-7-17-15(9-14)8-11(2)30-17/h6-7,9-11H,5,8H2,1-4H3,(H,24,27)/t11-/m0/s1. The Hall–Kier alpha value is -3.46. The minimum Gasteiger partial charge on any atom is -0.490 e. The van der Waals surface area contributed by atoms with Gasteiger partial charge in [0.15, 0.2) is 17.2 Å². The molecule has 32 heavy (non-hydrogen) atoms. The minimum absolute atomic E-state index is 0.0513. The fourth-order valence-electron chi connectivity index (χ4n) is 3.65. The third-order valence-corrected chi connectivity index (χ3v) is 6.40. The summed E-state index contributed by atoms with van der Waals surface area (Å²) in [5, 5.41) is 6.79. The van der Waals surface area contributed by atoms with Gasteiger partial charge in [-0.1, -0.05) is 5.16 Å². The van der Waals surface area contributed by atoms with Gasteiger partial charge in [-0.3, -0.25) is 9.59 Å². The van der Waals surface area contributed by atoms with Crippen molar-refractivity contribution in [3.63, 3.8) is 0 Å². The first kappa shape index (κ1) is 21.8. The molecule has 3 aromatic rings. The Kier molecular flexibility index (Phi) is 5.84. The molecule has 1 aliphatic rings. The highest BCUT2D eigenvalue weighted by atomic mass is 32.1. The molecule has 0 saturated carbocycles. The highest BCUT2D eigenvalue weighted by molar-refractivity contribution is 7.18. The molecule has 1 aromatic carbocycles. The molecule has 1 amide bonds. The SMILES string of the molecule is CCOC(=O)c1c(NC(=O)c2cc(-c3ccc4c(c3)C[C@H](C)O4)on2)sc(C(C)=O)c1C. The van der Waals surface area contributed by atoms with Crippen LogP contribution in [-0.4, -0.2) is 35.5 Å². The summed E-state index contributed by atoms with van der Waals surface area (Å²) in [5.74, 6) is -0.0638. The Bertz CT molecular complexity index is 1230. The number of ether oxygens (including phenoxy) is 2. The number of benzene rings is 1. The van der Waals surface area contributed by atoms with Gasteiger partial charge in [0.05, 0.1) is 17.0 Å².